The van der Waals surface area contributed by atoms with Crippen molar-refractivity contribution in [2.24, 2.45) is 22.7 Å². The van der Waals surface area contributed by atoms with E-state index in [0.29, 0.717) is 13.0 Å². The van der Waals surface area contributed by atoms with Crippen LogP contribution in [0.5, 0.6) is 11.5 Å². The molecular formula is C40H52N4O10. The van der Waals surface area contributed by atoms with Gasteiger partial charge >= 0.3 is 11.8 Å². The molecule has 1 amide bonds. The number of methoxy groups -OCH3 is 1. The molecule has 14 heteroatoms. The molecule has 292 valence electrons. The summed E-state index contributed by atoms with van der Waals surface area (Å²) in [5.41, 5.74) is -0.0760. The van der Waals surface area contributed by atoms with E-state index in [2.05, 4.69) is 16.0 Å². The number of aliphatic hydroxyl groups excluding tert-OH is 1. The molecule has 0 radical (unpaired) electrons. The average Bonchev–Trinajstić information content (AvgIpc) is 3.62. The molecule has 5 N–H and O–H groups in total. The maximum Gasteiger partial charge on any atom is 0.312 e. The first-order chi connectivity index (χ1) is 25.5. The van der Waals surface area contributed by atoms with Crippen molar-refractivity contribution in [3.8, 4) is 11.5 Å². The Balaban J connectivity index is 1.59. The van der Waals surface area contributed by atoms with E-state index in [1.807, 2.05) is 20.9 Å². The van der Waals surface area contributed by atoms with Crippen LogP contribution in [-0.2, 0) is 23.8 Å². The minimum absolute atomic E-state index is 0.000846. The second-order valence-electron chi connectivity index (χ2n) is 14.8. The highest BCUT2D eigenvalue weighted by Gasteiger charge is 2.55. The standard InChI is InChI=1S/C40H52N4O10/c1-20(2)26(51-9)16-18-52-39(7)36(48)29-27-28(33(46)23(5)35(29)54-39)34(47)32(31-30(27)43-40(44-31)17-11-10-15-25(40)19-41-8)42-37(49)21(3)13-12-14-22(4)38(50)53-24(6)45/h12-14,16,18,20,22,25-26,38,41,44,46,50H,10-11,15,17,19H2,1-9H3,(H,42,49)/b14-12+,18-16+,21-13-/t22-,25?,26-,38+,39-,40-/m0/s1. The fraction of sp³-hybridized carbons (Fsp3) is 0.525. The minimum atomic E-state index is -1.83. The monoisotopic (exact) mass is 748 g/mol. The van der Waals surface area contributed by atoms with Crippen LogP contribution in [0, 0.1) is 24.7 Å². The number of aromatic hydroxyl groups is 1. The highest BCUT2D eigenvalue weighted by atomic mass is 16.7. The molecule has 0 aromatic heterocycles. The Bertz CT molecular complexity index is 1870. The average molecular weight is 749 g/mol. The number of carbonyl (C=O) groups is 4. The van der Waals surface area contributed by atoms with Crippen LogP contribution >= 0.6 is 0 Å². The Morgan fingerprint density at radius 3 is 2.50 bits per heavy atom. The zero-order chi connectivity index (χ0) is 39.7. The topological polar surface area (TPSA) is 194 Å². The molecule has 14 nitrogen and oxygen atoms in total. The van der Waals surface area contributed by atoms with Crippen molar-refractivity contribution in [3.05, 3.63) is 69.8 Å². The molecule has 2 aliphatic heterocycles. The van der Waals surface area contributed by atoms with Crippen molar-refractivity contribution in [3.63, 3.8) is 0 Å². The second-order valence-corrected chi connectivity index (χ2v) is 14.8. The Labute approximate surface area is 315 Å². The van der Waals surface area contributed by atoms with Crippen LogP contribution < -0.4 is 20.7 Å². The number of hydrogen-bond acceptors (Lipinski definition) is 13. The lowest BCUT2D eigenvalue weighted by Gasteiger charge is -2.39. The lowest BCUT2D eigenvalue weighted by Crippen LogP contribution is -2.52. The molecule has 5 rings (SSSR count). The zero-order valence-electron chi connectivity index (χ0n) is 32.4. The number of nitrogens with one attached hydrogen (secondary N) is 3. The molecule has 0 saturated heterocycles. The van der Waals surface area contributed by atoms with E-state index in [1.165, 1.54) is 26.2 Å². The summed E-state index contributed by atoms with van der Waals surface area (Å²) in [6, 6.07) is 0. The lowest BCUT2D eigenvalue weighted by atomic mass is 9.79. The fourth-order valence-corrected chi connectivity index (χ4v) is 7.38. The Morgan fingerprint density at radius 1 is 1.13 bits per heavy atom. The van der Waals surface area contributed by atoms with Gasteiger partial charge in [0.1, 0.15) is 22.9 Å². The van der Waals surface area contributed by atoms with E-state index in [-0.39, 0.29) is 68.6 Å². The number of esters is 1. The smallest absolute Gasteiger partial charge is 0.312 e. The summed E-state index contributed by atoms with van der Waals surface area (Å²) in [7, 11) is 3.44. The summed E-state index contributed by atoms with van der Waals surface area (Å²) < 4.78 is 22.4. The Hall–Kier alpha value is -4.79. The number of benzene rings is 1. The maximum atomic E-state index is 14.6. The molecule has 1 fully saturated rings. The summed E-state index contributed by atoms with van der Waals surface area (Å²) in [5.74, 6) is -5.07. The molecular weight excluding hydrogens is 696 g/mol. The third-order valence-electron chi connectivity index (χ3n) is 10.5. The van der Waals surface area contributed by atoms with Gasteiger partial charge in [-0.3, -0.25) is 24.2 Å². The summed E-state index contributed by atoms with van der Waals surface area (Å²) in [4.78, 5) is 59.2. The number of hydrogen-bond donors (Lipinski definition) is 5. The minimum Gasteiger partial charge on any atom is -0.507 e. The molecule has 0 bridgehead atoms. The van der Waals surface area contributed by atoms with Crippen LogP contribution in [0.3, 0.4) is 0 Å². The van der Waals surface area contributed by atoms with Gasteiger partial charge in [0.05, 0.1) is 34.9 Å². The largest absolute Gasteiger partial charge is 0.507 e. The van der Waals surface area contributed by atoms with Gasteiger partial charge in [-0.05, 0) is 52.2 Å². The Morgan fingerprint density at radius 2 is 1.85 bits per heavy atom. The van der Waals surface area contributed by atoms with Crippen molar-refractivity contribution in [1.29, 1.82) is 0 Å². The summed E-state index contributed by atoms with van der Waals surface area (Å²) in [6.45, 7) is 12.0. The number of phenols is 1. The van der Waals surface area contributed by atoms with Crippen molar-refractivity contribution in [1.82, 2.24) is 16.0 Å². The zero-order valence-corrected chi connectivity index (χ0v) is 32.4. The number of aliphatic imine (C=N–C) groups is 1. The van der Waals surface area contributed by atoms with Crippen molar-refractivity contribution in [2.75, 3.05) is 20.7 Å². The number of phenolic OH excluding ortho intramolecular Hbond substituents is 1. The SMILES string of the molecule is CNCC1CCCC[C@@]12N=C1C(=C(NC(=O)/C(C)=C\C=C\[C@H](C)[C@H](O)OC(C)=O)C(=O)c3c(O)c(C)c4c(c31)C(=O)[C@@](C)(O/C=C/[C@H](OC)C(C)C)O4)N2. The molecule has 1 unspecified atom stereocenters. The van der Waals surface area contributed by atoms with E-state index < -0.39 is 52.9 Å². The third-order valence-corrected chi connectivity index (χ3v) is 10.5. The lowest BCUT2D eigenvalue weighted by molar-refractivity contribution is -0.170. The van der Waals surface area contributed by atoms with E-state index in [0.717, 1.165) is 19.3 Å². The van der Waals surface area contributed by atoms with E-state index in [4.69, 9.17) is 23.9 Å². The number of fused-ring (bicyclic) bond motifs is 5. The van der Waals surface area contributed by atoms with Crippen LogP contribution in [0.1, 0.15) is 99.1 Å². The molecule has 1 aromatic rings. The molecule has 4 aliphatic rings. The van der Waals surface area contributed by atoms with Gasteiger partial charge in [-0.2, -0.15) is 0 Å². The fourth-order valence-electron chi connectivity index (χ4n) is 7.38. The predicted octanol–water partition coefficient (Wildman–Crippen LogP) is 4.24. The van der Waals surface area contributed by atoms with E-state index >= 15 is 0 Å². The second kappa shape index (κ2) is 15.9. The first-order valence-electron chi connectivity index (χ1n) is 18.3. The molecule has 1 spiro atoms. The van der Waals surface area contributed by atoms with Gasteiger partial charge in [0.15, 0.2) is 0 Å². The van der Waals surface area contributed by atoms with Gasteiger partial charge in [-0.25, -0.2) is 0 Å². The number of nitrogens with zero attached hydrogens (tertiary/aromatic N) is 1. The third kappa shape index (κ3) is 7.46. The number of aliphatic hydroxyl groups is 1. The molecule has 2 aliphatic carbocycles. The van der Waals surface area contributed by atoms with Crippen molar-refractivity contribution >= 4 is 29.2 Å². The predicted molar refractivity (Wildman–Crippen MR) is 200 cm³/mol. The number of amides is 1. The molecule has 1 aromatic carbocycles. The van der Waals surface area contributed by atoms with Crippen LogP contribution in [0.25, 0.3) is 0 Å². The summed E-state index contributed by atoms with van der Waals surface area (Å²) in [6.07, 6.45) is 9.34. The highest BCUT2D eigenvalue weighted by Crippen LogP contribution is 2.51. The van der Waals surface area contributed by atoms with Gasteiger partial charge in [0, 0.05) is 56.0 Å². The molecule has 6 atom stereocenters. The number of ketones is 2. The van der Waals surface area contributed by atoms with Gasteiger partial charge < -0.3 is 45.1 Å². The van der Waals surface area contributed by atoms with Crippen LogP contribution in [-0.4, -0.2) is 83.9 Å². The summed E-state index contributed by atoms with van der Waals surface area (Å²) in [5, 5.41) is 31.3. The van der Waals surface area contributed by atoms with Gasteiger partial charge in [-0.15, -0.1) is 0 Å². The number of rotatable bonds is 13. The van der Waals surface area contributed by atoms with Crippen molar-refractivity contribution < 1.29 is 48.3 Å². The number of Topliss-reactive ketones (excluding diaryl/α,β-unsaturated/α-hetero) is 2. The normalized spacial score (nSPS) is 25.3. The number of carbonyl (C=O) groups excluding carboxylic acids is 4. The van der Waals surface area contributed by atoms with E-state index in [9.17, 15) is 29.4 Å². The van der Waals surface area contributed by atoms with Gasteiger partial charge in [0.2, 0.25) is 12.1 Å². The quantitative estimate of drug-likeness (QED) is 0.0635. The van der Waals surface area contributed by atoms with Gasteiger partial charge in [-0.1, -0.05) is 45.4 Å². The molecule has 2 heterocycles. The van der Waals surface area contributed by atoms with Crippen LogP contribution in [0.4, 0.5) is 0 Å². The number of allylic oxidation sites excluding steroid dienone is 4. The van der Waals surface area contributed by atoms with Crippen molar-refractivity contribution in [2.45, 2.75) is 98.0 Å². The highest BCUT2D eigenvalue weighted by molar-refractivity contribution is 6.34. The molecule has 1 saturated carbocycles. The summed E-state index contributed by atoms with van der Waals surface area (Å²) >= 11 is 0. The number of ether oxygens (including phenoxy) is 4. The first-order valence-corrected chi connectivity index (χ1v) is 18.3. The maximum absolute atomic E-state index is 14.6. The first kappa shape index (κ1) is 40.4. The van der Waals surface area contributed by atoms with Crippen LogP contribution in [0.2, 0.25) is 0 Å². The Kier molecular flexibility index (Phi) is 11.9. The van der Waals surface area contributed by atoms with E-state index in [1.54, 1.807) is 46.1 Å². The van der Waals surface area contributed by atoms with Crippen LogP contribution in [0.15, 0.2) is 52.5 Å². The molecule has 54 heavy (non-hydrogen) atoms. The van der Waals surface area contributed by atoms with Gasteiger partial charge in [0.25, 0.3) is 11.7 Å².